The van der Waals surface area contributed by atoms with Gasteiger partial charge in [0, 0.05) is 5.56 Å². The van der Waals surface area contributed by atoms with Crippen molar-refractivity contribution >= 4 is 11.0 Å². The number of hydrogen-bond donors (Lipinski definition) is 0. The van der Waals surface area contributed by atoms with E-state index in [2.05, 4.69) is 0 Å². The summed E-state index contributed by atoms with van der Waals surface area (Å²) in [6.45, 7) is 2.03. The number of hydrogen-bond acceptors (Lipinski definition) is 2. The lowest BCUT2D eigenvalue weighted by molar-refractivity contribution is 0.621. The second-order valence-corrected chi connectivity index (χ2v) is 5.86. The molecule has 0 atom stereocenters. The van der Waals surface area contributed by atoms with Crippen LogP contribution in [0.3, 0.4) is 0 Å². The maximum absolute atomic E-state index is 13.1. The standard InChI is InChI=1S/C22H16O2/c1-15-11-13-16(14-12-15)20-21(23)18-9-5-6-10-19(18)24-22(20)17-7-3-2-4-8-17/h2-14H,1H3. The highest BCUT2D eigenvalue weighted by molar-refractivity contribution is 5.89. The maximum Gasteiger partial charge on any atom is 0.201 e. The van der Waals surface area contributed by atoms with E-state index in [1.54, 1.807) is 0 Å². The molecule has 0 aliphatic carbocycles. The Morgan fingerprint density at radius 2 is 1.38 bits per heavy atom. The van der Waals surface area contributed by atoms with Crippen LogP contribution >= 0.6 is 0 Å². The molecule has 24 heavy (non-hydrogen) atoms. The van der Waals surface area contributed by atoms with Crippen LogP contribution in [-0.4, -0.2) is 0 Å². The molecule has 2 nitrogen and oxygen atoms in total. The van der Waals surface area contributed by atoms with Crippen LogP contribution in [-0.2, 0) is 0 Å². The summed E-state index contributed by atoms with van der Waals surface area (Å²) in [5, 5.41) is 0.604. The zero-order chi connectivity index (χ0) is 16.5. The van der Waals surface area contributed by atoms with Crippen molar-refractivity contribution in [2.24, 2.45) is 0 Å². The van der Waals surface area contributed by atoms with Crippen LogP contribution in [0.15, 0.2) is 88.1 Å². The topological polar surface area (TPSA) is 30.2 Å². The number of aryl methyl sites for hydroxylation is 1. The molecule has 0 amide bonds. The Morgan fingerprint density at radius 1 is 0.708 bits per heavy atom. The first-order chi connectivity index (χ1) is 11.7. The summed E-state index contributed by atoms with van der Waals surface area (Å²) in [5.74, 6) is 0.614. The van der Waals surface area contributed by atoms with Gasteiger partial charge in [-0.2, -0.15) is 0 Å². The minimum Gasteiger partial charge on any atom is -0.455 e. The average Bonchev–Trinajstić information content (AvgIpc) is 2.63. The molecule has 1 heterocycles. The highest BCUT2D eigenvalue weighted by Gasteiger charge is 2.17. The summed E-state index contributed by atoms with van der Waals surface area (Å²) in [5.41, 5.74) is 4.15. The van der Waals surface area contributed by atoms with Gasteiger partial charge in [-0.25, -0.2) is 0 Å². The first kappa shape index (κ1) is 14.5. The first-order valence-electron chi connectivity index (χ1n) is 7.92. The van der Waals surface area contributed by atoms with Crippen LogP contribution in [0, 0.1) is 6.92 Å². The van der Waals surface area contributed by atoms with Crippen molar-refractivity contribution in [2.75, 3.05) is 0 Å². The molecule has 2 heteroatoms. The van der Waals surface area contributed by atoms with E-state index in [1.807, 2.05) is 85.8 Å². The van der Waals surface area contributed by atoms with Crippen molar-refractivity contribution < 1.29 is 4.42 Å². The third-order valence-electron chi connectivity index (χ3n) is 4.17. The fourth-order valence-corrected chi connectivity index (χ4v) is 2.92. The predicted octanol–water partition coefficient (Wildman–Crippen LogP) is 5.44. The summed E-state index contributed by atoms with van der Waals surface area (Å²) in [4.78, 5) is 13.1. The van der Waals surface area contributed by atoms with Gasteiger partial charge in [0.25, 0.3) is 0 Å². The second-order valence-electron chi connectivity index (χ2n) is 5.86. The second kappa shape index (κ2) is 5.82. The van der Waals surface area contributed by atoms with E-state index in [9.17, 15) is 4.79 Å². The van der Waals surface area contributed by atoms with Crippen LogP contribution in [0.4, 0.5) is 0 Å². The van der Waals surface area contributed by atoms with E-state index in [0.29, 0.717) is 22.3 Å². The molecule has 0 spiro atoms. The molecular weight excluding hydrogens is 296 g/mol. The molecule has 0 N–H and O–H groups in total. The number of rotatable bonds is 2. The maximum atomic E-state index is 13.1. The highest BCUT2D eigenvalue weighted by Crippen LogP contribution is 2.32. The Labute approximate surface area is 140 Å². The molecule has 4 aromatic rings. The number of benzene rings is 3. The van der Waals surface area contributed by atoms with E-state index in [-0.39, 0.29) is 5.43 Å². The van der Waals surface area contributed by atoms with Gasteiger partial charge in [0.05, 0.1) is 10.9 Å². The highest BCUT2D eigenvalue weighted by atomic mass is 16.3. The largest absolute Gasteiger partial charge is 0.455 e. The van der Waals surface area contributed by atoms with E-state index in [1.165, 1.54) is 0 Å². The normalized spacial score (nSPS) is 10.9. The molecule has 4 rings (SSSR count). The molecule has 0 aliphatic rings. The van der Waals surface area contributed by atoms with E-state index in [0.717, 1.165) is 16.7 Å². The third-order valence-corrected chi connectivity index (χ3v) is 4.17. The fourth-order valence-electron chi connectivity index (χ4n) is 2.92. The molecule has 0 unspecified atom stereocenters. The van der Waals surface area contributed by atoms with Gasteiger partial charge in [-0.3, -0.25) is 4.79 Å². The Hall–Kier alpha value is -3.13. The Bertz CT molecular complexity index is 1060. The summed E-state index contributed by atoms with van der Waals surface area (Å²) in [6, 6.07) is 25.1. The molecule has 0 fully saturated rings. The van der Waals surface area contributed by atoms with E-state index < -0.39 is 0 Å². The van der Waals surface area contributed by atoms with Crippen molar-refractivity contribution in [1.82, 2.24) is 0 Å². The number of fused-ring (bicyclic) bond motifs is 1. The quantitative estimate of drug-likeness (QED) is 0.493. The minimum atomic E-state index is -0.000411. The molecular formula is C22H16O2. The van der Waals surface area contributed by atoms with Crippen molar-refractivity contribution in [3.8, 4) is 22.5 Å². The molecule has 0 saturated heterocycles. The lowest BCUT2D eigenvalue weighted by atomic mass is 9.98. The molecule has 3 aromatic carbocycles. The van der Waals surface area contributed by atoms with Crippen molar-refractivity contribution in [3.05, 3.63) is 94.6 Å². The zero-order valence-corrected chi connectivity index (χ0v) is 13.3. The SMILES string of the molecule is Cc1ccc(-c2c(-c3ccccc3)oc3ccccc3c2=O)cc1. The Kier molecular flexibility index (Phi) is 3.51. The van der Waals surface area contributed by atoms with Crippen LogP contribution in [0.2, 0.25) is 0 Å². The van der Waals surface area contributed by atoms with Gasteiger partial charge in [-0.1, -0.05) is 72.3 Å². The molecule has 0 aliphatic heterocycles. The summed E-state index contributed by atoms with van der Waals surface area (Å²) in [6.07, 6.45) is 0. The molecule has 116 valence electrons. The van der Waals surface area contributed by atoms with Gasteiger partial charge in [0.2, 0.25) is 5.43 Å². The molecule has 1 aromatic heterocycles. The van der Waals surface area contributed by atoms with Gasteiger partial charge in [0.1, 0.15) is 11.3 Å². The van der Waals surface area contributed by atoms with Crippen LogP contribution in [0.25, 0.3) is 33.4 Å². The van der Waals surface area contributed by atoms with Gasteiger partial charge in [-0.15, -0.1) is 0 Å². The zero-order valence-electron chi connectivity index (χ0n) is 13.3. The van der Waals surface area contributed by atoms with E-state index in [4.69, 9.17) is 4.42 Å². The van der Waals surface area contributed by atoms with Gasteiger partial charge in [-0.05, 0) is 24.6 Å². The first-order valence-corrected chi connectivity index (χ1v) is 7.92. The summed E-state index contributed by atoms with van der Waals surface area (Å²) >= 11 is 0. The molecule has 0 bridgehead atoms. The van der Waals surface area contributed by atoms with Crippen molar-refractivity contribution in [3.63, 3.8) is 0 Å². The monoisotopic (exact) mass is 312 g/mol. The fraction of sp³-hybridized carbons (Fsp3) is 0.0455. The predicted molar refractivity (Wildman–Crippen MR) is 98.1 cm³/mol. The van der Waals surface area contributed by atoms with Crippen LogP contribution < -0.4 is 5.43 Å². The van der Waals surface area contributed by atoms with Crippen LogP contribution in [0.1, 0.15) is 5.56 Å². The van der Waals surface area contributed by atoms with Gasteiger partial charge >= 0.3 is 0 Å². The lowest BCUT2D eigenvalue weighted by Crippen LogP contribution is -2.07. The van der Waals surface area contributed by atoms with Gasteiger partial charge in [0.15, 0.2) is 0 Å². The summed E-state index contributed by atoms with van der Waals surface area (Å²) in [7, 11) is 0. The van der Waals surface area contributed by atoms with Crippen LogP contribution in [0.5, 0.6) is 0 Å². The minimum absolute atomic E-state index is 0.000411. The molecule has 0 radical (unpaired) electrons. The Balaban J connectivity index is 2.11. The van der Waals surface area contributed by atoms with Gasteiger partial charge < -0.3 is 4.42 Å². The molecule has 0 saturated carbocycles. The number of para-hydroxylation sites is 1. The Morgan fingerprint density at radius 3 is 2.12 bits per heavy atom. The summed E-state index contributed by atoms with van der Waals surface area (Å²) < 4.78 is 6.14. The van der Waals surface area contributed by atoms with Crippen molar-refractivity contribution in [2.45, 2.75) is 6.92 Å². The van der Waals surface area contributed by atoms with Crippen molar-refractivity contribution in [1.29, 1.82) is 0 Å². The smallest absolute Gasteiger partial charge is 0.201 e. The van der Waals surface area contributed by atoms with E-state index >= 15 is 0 Å². The average molecular weight is 312 g/mol. The third kappa shape index (κ3) is 2.42. The lowest BCUT2D eigenvalue weighted by Gasteiger charge is -2.10.